The quantitative estimate of drug-likeness (QED) is 0.660. The summed E-state index contributed by atoms with van der Waals surface area (Å²) < 4.78 is 5.36. The molecule has 1 aromatic carbocycles. The van der Waals surface area contributed by atoms with Gasteiger partial charge >= 0.3 is 0 Å². The molecule has 1 saturated carbocycles. The van der Waals surface area contributed by atoms with Gasteiger partial charge in [0.25, 0.3) is 5.91 Å². The van der Waals surface area contributed by atoms with Gasteiger partial charge in [-0.25, -0.2) is 0 Å². The van der Waals surface area contributed by atoms with Crippen molar-refractivity contribution in [2.45, 2.75) is 33.1 Å². The molecule has 0 aromatic heterocycles. The smallest absolute Gasteiger partial charge is 0.276 e. The molecule has 1 aliphatic rings. The number of carbonyl (C=O) groups is 3. The predicted octanol–water partition coefficient (Wildman–Crippen LogP) is 1.61. The van der Waals surface area contributed by atoms with Gasteiger partial charge < -0.3 is 10.1 Å². The molecule has 3 N–H and O–H groups in total. The maximum Gasteiger partial charge on any atom is 0.276 e. The molecular weight excluding hydrogens is 310 g/mol. The van der Waals surface area contributed by atoms with E-state index in [1.165, 1.54) is 0 Å². The van der Waals surface area contributed by atoms with Gasteiger partial charge in [-0.3, -0.25) is 25.2 Å². The number of rotatable bonds is 7. The Labute approximate surface area is 141 Å². The molecule has 130 valence electrons. The molecule has 1 aromatic rings. The van der Waals surface area contributed by atoms with Gasteiger partial charge in [-0.1, -0.05) is 19.9 Å². The zero-order valence-corrected chi connectivity index (χ0v) is 13.9. The van der Waals surface area contributed by atoms with Crippen molar-refractivity contribution in [3.8, 4) is 5.75 Å². The van der Waals surface area contributed by atoms with Crippen LogP contribution in [0.15, 0.2) is 24.3 Å². The number of hydrogen-bond donors (Lipinski definition) is 3. The first-order valence-corrected chi connectivity index (χ1v) is 8.05. The minimum Gasteiger partial charge on any atom is -0.484 e. The third kappa shape index (κ3) is 6.28. The number of nitrogens with one attached hydrogen (secondary N) is 3. The molecule has 0 spiro atoms. The summed E-state index contributed by atoms with van der Waals surface area (Å²) in [5.74, 6) is 0.106. The highest BCUT2D eigenvalue weighted by molar-refractivity contribution is 5.94. The van der Waals surface area contributed by atoms with Gasteiger partial charge in [-0.15, -0.1) is 0 Å². The fourth-order valence-corrected chi connectivity index (χ4v) is 2.00. The first-order valence-electron chi connectivity index (χ1n) is 8.05. The summed E-state index contributed by atoms with van der Waals surface area (Å²) in [6.07, 6.45) is 2.21. The molecule has 7 nitrogen and oxygen atoms in total. The first kappa shape index (κ1) is 17.8. The van der Waals surface area contributed by atoms with Gasteiger partial charge in [0.1, 0.15) is 5.75 Å². The Kier molecular flexibility index (Phi) is 6.17. The molecule has 0 atom stereocenters. The van der Waals surface area contributed by atoms with Crippen LogP contribution in [0.1, 0.15) is 33.1 Å². The van der Waals surface area contributed by atoms with Crippen LogP contribution in [0.25, 0.3) is 0 Å². The third-order valence-corrected chi connectivity index (χ3v) is 3.35. The summed E-state index contributed by atoms with van der Waals surface area (Å²) in [6.45, 7) is 3.60. The van der Waals surface area contributed by atoms with Crippen LogP contribution < -0.4 is 20.9 Å². The van der Waals surface area contributed by atoms with E-state index in [4.69, 9.17) is 4.74 Å². The second kappa shape index (κ2) is 8.33. The van der Waals surface area contributed by atoms with Gasteiger partial charge in [0.2, 0.25) is 11.8 Å². The lowest BCUT2D eigenvalue weighted by Crippen LogP contribution is -2.44. The van der Waals surface area contributed by atoms with Gasteiger partial charge in [-0.05, 0) is 30.9 Å². The van der Waals surface area contributed by atoms with Gasteiger partial charge in [0.05, 0.1) is 0 Å². The fourth-order valence-electron chi connectivity index (χ4n) is 2.00. The summed E-state index contributed by atoms with van der Waals surface area (Å²) in [6, 6.07) is 6.85. The molecule has 0 saturated heterocycles. The molecule has 3 amide bonds. The van der Waals surface area contributed by atoms with Crippen molar-refractivity contribution in [3.63, 3.8) is 0 Å². The zero-order chi connectivity index (χ0) is 17.5. The number of ether oxygens (including phenoxy) is 1. The molecule has 7 heteroatoms. The molecule has 0 unspecified atom stereocenters. The summed E-state index contributed by atoms with van der Waals surface area (Å²) in [4.78, 5) is 34.8. The molecule has 0 radical (unpaired) electrons. The molecule has 0 aliphatic heterocycles. The second-order valence-corrected chi connectivity index (χ2v) is 6.27. The van der Waals surface area contributed by atoms with Crippen LogP contribution in [0, 0.1) is 11.8 Å². The van der Waals surface area contributed by atoms with E-state index in [9.17, 15) is 14.4 Å². The molecule has 0 heterocycles. The lowest BCUT2D eigenvalue weighted by molar-refractivity contribution is -0.130. The Hall–Kier alpha value is -2.57. The summed E-state index contributed by atoms with van der Waals surface area (Å²) in [5.41, 5.74) is 5.26. The van der Waals surface area contributed by atoms with E-state index in [2.05, 4.69) is 16.2 Å². The molecule has 0 bridgehead atoms. The minimum absolute atomic E-state index is 0.0118. The highest BCUT2D eigenvalue weighted by Crippen LogP contribution is 2.30. The van der Waals surface area contributed by atoms with Crippen molar-refractivity contribution in [2.75, 3.05) is 11.9 Å². The normalized spacial score (nSPS) is 13.3. The van der Waals surface area contributed by atoms with E-state index < -0.39 is 5.91 Å². The first-order chi connectivity index (χ1) is 11.4. The maximum absolute atomic E-state index is 11.7. The van der Waals surface area contributed by atoms with Crippen LogP contribution in [-0.4, -0.2) is 24.3 Å². The highest BCUT2D eigenvalue weighted by atomic mass is 16.5. The predicted molar refractivity (Wildman–Crippen MR) is 89.0 cm³/mol. The third-order valence-electron chi connectivity index (χ3n) is 3.35. The average molecular weight is 333 g/mol. The lowest BCUT2D eigenvalue weighted by atomic mass is 10.1. The van der Waals surface area contributed by atoms with Gasteiger partial charge in [0, 0.05) is 24.1 Å². The fraction of sp³-hybridized carbons (Fsp3) is 0.471. The lowest BCUT2D eigenvalue weighted by Gasteiger charge is -2.11. The minimum atomic E-state index is -0.459. The van der Waals surface area contributed by atoms with Crippen molar-refractivity contribution >= 4 is 23.4 Å². The van der Waals surface area contributed by atoms with E-state index in [0.717, 1.165) is 12.8 Å². The molecular formula is C17H23N3O4. The number of hydrazine groups is 1. The summed E-state index contributed by atoms with van der Waals surface area (Å²) in [7, 11) is 0. The van der Waals surface area contributed by atoms with Crippen LogP contribution in [-0.2, 0) is 14.4 Å². The van der Waals surface area contributed by atoms with E-state index in [0.29, 0.717) is 17.9 Å². The van der Waals surface area contributed by atoms with Crippen LogP contribution in [0.2, 0.25) is 0 Å². The Bertz CT molecular complexity index is 612. The van der Waals surface area contributed by atoms with Crippen LogP contribution in [0.4, 0.5) is 5.69 Å². The van der Waals surface area contributed by atoms with Gasteiger partial charge in [-0.2, -0.15) is 0 Å². The van der Waals surface area contributed by atoms with Gasteiger partial charge in [0.15, 0.2) is 6.61 Å². The standard InChI is InChI=1S/C17H23N3O4/c1-11(2)8-15(21)19-20-16(22)10-24-14-5-3-4-13(9-14)18-17(23)12-6-7-12/h3-5,9,11-12H,6-8,10H2,1-2H3,(H,18,23)(H,19,21)(H,20,22). The van der Waals surface area contributed by atoms with Crippen molar-refractivity contribution in [1.29, 1.82) is 0 Å². The summed E-state index contributed by atoms with van der Waals surface area (Å²) >= 11 is 0. The molecule has 1 fully saturated rings. The van der Waals surface area contributed by atoms with E-state index in [1.807, 2.05) is 13.8 Å². The highest BCUT2D eigenvalue weighted by Gasteiger charge is 2.29. The molecule has 2 rings (SSSR count). The maximum atomic E-state index is 11.7. The number of carbonyl (C=O) groups excluding carboxylic acids is 3. The Balaban J connectivity index is 1.73. The van der Waals surface area contributed by atoms with E-state index in [-0.39, 0.29) is 30.3 Å². The number of benzene rings is 1. The summed E-state index contributed by atoms with van der Waals surface area (Å²) in [5, 5.41) is 2.81. The van der Waals surface area contributed by atoms with Crippen molar-refractivity contribution < 1.29 is 19.1 Å². The Morgan fingerprint density at radius 3 is 2.54 bits per heavy atom. The average Bonchev–Trinajstić information content (AvgIpc) is 3.35. The van der Waals surface area contributed by atoms with Crippen molar-refractivity contribution in [1.82, 2.24) is 10.9 Å². The number of hydrogen-bond acceptors (Lipinski definition) is 4. The zero-order valence-electron chi connectivity index (χ0n) is 13.9. The Morgan fingerprint density at radius 1 is 1.17 bits per heavy atom. The number of amides is 3. The number of anilines is 1. The van der Waals surface area contributed by atoms with Crippen LogP contribution in [0.5, 0.6) is 5.75 Å². The van der Waals surface area contributed by atoms with Crippen molar-refractivity contribution in [3.05, 3.63) is 24.3 Å². The second-order valence-electron chi connectivity index (χ2n) is 6.27. The van der Waals surface area contributed by atoms with Crippen LogP contribution in [0.3, 0.4) is 0 Å². The monoisotopic (exact) mass is 333 g/mol. The van der Waals surface area contributed by atoms with Crippen LogP contribution >= 0.6 is 0 Å². The largest absolute Gasteiger partial charge is 0.484 e. The van der Waals surface area contributed by atoms with Crippen molar-refractivity contribution in [2.24, 2.45) is 11.8 Å². The molecule has 1 aliphatic carbocycles. The Morgan fingerprint density at radius 2 is 1.88 bits per heavy atom. The topological polar surface area (TPSA) is 96.5 Å². The molecule has 24 heavy (non-hydrogen) atoms. The van der Waals surface area contributed by atoms with E-state index in [1.54, 1.807) is 24.3 Å². The SMILES string of the molecule is CC(C)CC(=O)NNC(=O)COc1cccc(NC(=O)C2CC2)c1. The van der Waals surface area contributed by atoms with E-state index >= 15 is 0 Å².